The molecule has 1 unspecified atom stereocenters. The van der Waals surface area contributed by atoms with Crippen molar-refractivity contribution in [3.8, 4) is 0 Å². The highest BCUT2D eigenvalue weighted by molar-refractivity contribution is 5.39. The lowest BCUT2D eigenvalue weighted by Crippen LogP contribution is -2.08. The van der Waals surface area contributed by atoms with Gasteiger partial charge in [0.2, 0.25) is 0 Å². The Labute approximate surface area is 73.6 Å². The van der Waals surface area contributed by atoms with Gasteiger partial charge >= 0.3 is 0 Å². The Kier molecular flexibility index (Phi) is 2.74. The Morgan fingerprint density at radius 3 is 2.75 bits per heavy atom. The second-order valence-corrected chi connectivity index (χ2v) is 3.27. The molecule has 0 amide bonds. The molecule has 0 saturated heterocycles. The molecule has 0 aliphatic heterocycles. The molecule has 12 heavy (non-hydrogen) atoms. The quantitative estimate of drug-likeness (QED) is 0.749. The first-order valence-electron chi connectivity index (χ1n) is 4.46. The Morgan fingerprint density at radius 2 is 2.33 bits per heavy atom. The number of nitrogens with two attached hydrogens (primary N) is 1. The van der Waals surface area contributed by atoms with E-state index in [-0.39, 0.29) is 0 Å². The molecule has 0 aliphatic carbocycles. The lowest BCUT2D eigenvalue weighted by molar-refractivity contribution is 0.446. The van der Waals surface area contributed by atoms with E-state index in [1.807, 2.05) is 11.6 Å². The van der Waals surface area contributed by atoms with Crippen LogP contribution in [0.15, 0.2) is 6.20 Å². The van der Waals surface area contributed by atoms with Gasteiger partial charge in [0.1, 0.15) is 0 Å². The van der Waals surface area contributed by atoms with Crippen molar-refractivity contribution < 1.29 is 0 Å². The SMILES string of the molecule is CCCC(C)n1ncc(N)c1C. The van der Waals surface area contributed by atoms with Crippen molar-refractivity contribution in [3.63, 3.8) is 0 Å². The second kappa shape index (κ2) is 3.61. The largest absolute Gasteiger partial charge is 0.396 e. The van der Waals surface area contributed by atoms with Gasteiger partial charge in [-0.1, -0.05) is 13.3 Å². The first-order chi connectivity index (χ1) is 5.66. The summed E-state index contributed by atoms with van der Waals surface area (Å²) in [5.74, 6) is 0. The van der Waals surface area contributed by atoms with Gasteiger partial charge in [-0.2, -0.15) is 5.10 Å². The maximum absolute atomic E-state index is 5.69. The van der Waals surface area contributed by atoms with Crippen LogP contribution in [0.25, 0.3) is 0 Å². The van der Waals surface area contributed by atoms with Crippen LogP contribution in [0.5, 0.6) is 0 Å². The van der Waals surface area contributed by atoms with E-state index >= 15 is 0 Å². The standard InChI is InChI=1S/C9H17N3/c1-4-5-7(2)12-8(3)9(10)6-11-12/h6-7H,4-5,10H2,1-3H3. The van der Waals surface area contributed by atoms with E-state index in [4.69, 9.17) is 5.73 Å². The molecular weight excluding hydrogens is 150 g/mol. The maximum Gasteiger partial charge on any atom is 0.0730 e. The van der Waals surface area contributed by atoms with Crippen LogP contribution in [0.2, 0.25) is 0 Å². The zero-order chi connectivity index (χ0) is 9.14. The summed E-state index contributed by atoms with van der Waals surface area (Å²) < 4.78 is 2.00. The molecule has 0 radical (unpaired) electrons. The highest BCUT2D eigenvalue weighted by atomic mass is 15.3. The number of hydrogen-bond donors (Lipinski definition) is 1. The summed E-state index contributed by atoms with van der Waals surface area (Å²) in [5.41, 5.74) is 7.56. The first-order valence-corrected chi connectivity index (χ1v) is 4.46. The van der Waals surface area contributed by atoms with Gasteiger partial charge in [-0.3, -0.25) is 4.68 Å². The molecule has 0 spiro atoms. The number of nitrogens with zero attached hydrogens (tertiary/aromatic N) is 2. The maximum atomic E-state index is 5.69. The number of anilines is 1. The molecule has 0 aliphatic rings. The normalized spacial score (nSPS) is 13.2. The summed E-state index contributed by atoms with van der Waals surface area (Å²) >= 11 is 0. The van der Waals surface area contributed by atoms with Gasteiger partial charge in [-0.25, -0.2) is 0 Å². The Hall–Kier alpha value is -0.990. The van der Waals surface area contributed by atoms with Crippen molar-refractivity contribution in [2.45, 2.75) is 39.7 Å². The Bertz CT molecular complexity index is 252. The molecule has 3 heteroatoms. The van der Waals surface area contributed by atoms with Crippen molar-refractivity contribution >= 4 is 5.69 Å². The smallest absolute Gasteiger partial charge is 0.0730 e. The van der Waals surface area contributed by atoms with E-state index in [1.54, 1.807) is 6.20 Å². The van der Waals surface area contributed by atoms with Crippen molar-refractivity contribution in [3.05, 3.63) is 11.9 Å². The van der Waals surface area contributed by atoms with Crippen LogP contribution in [0.4, 0.5) is 5.69 Å². The number of aromatic nitrogens is 2. The van der Waals surface area contributed by atoms with Crippen LogP contribution >= 0.6 is 0 Å². The molecule has 1 atom stereocenters. The third-order valence-electron chi connectivity index (χ3n) is 2.21. The zero-order valence-corrected chi connectivity index (χ0v) is 8.04. The van der Waals surface area contributed by atoms with Crippen molar-refractivity contribution in [1.82, 2.24) is 9.78 Å². The van der Waals surface area contributed by atoms with Crippen LogP contribution in [0.1, 0.15) is 38.4 Å². The van der Waals surface area contributed by atoms with Crippen molar-refractivity contribution in [2.24, 2.45) is 0 Å². The predicted molar refractivity (Wildman–Crippen MR) is 51.0 cm³/mol. The van der Waals surface area contributed by atoms with E-state index in [0.29, 0.717) is 6.04 Å². The summed E-state index contributed by atoms with van der Waals surface area (Å²) in [6.45, 7) is 6.36. The van der Waals surface area contributed by atoms with Crippen molar-refractivity contribution in [2.75, 3.05) is 5.73 Å². The third-order valence-corrected chi connectivity index (χ3v) is 2.21. The van der Waals surface area contributed by atoms with E-state index in [2.05, 4.69) is 18.9 Å². The summed E-state index contributed by atoms with van der Waals surface area (Å²) in [4.78, 5) is 0. The molecule has 2 N–H and O–H groups in total. The second-order valence-electron chi connectivity index (χ2n) is 3.27. The van der Waals surface area contributed by atoms with Gasteiger partial charge in [0.15, 0.2) is 0 Å². The van der Waals surface area contributed by atoms with Crippen LogP contribution < -0.4 is 5.73 Å². The first kappa shape index (κ1) is 9.10. The number of hydrogen-bond acceptors (Lipinski definition) is 2. The molecule has 68 valence electrons. The number of rotatable bonds is 3. The minimum atomic E-state index is 0.465. The van der Waals surface area contributed by atoms with Gasteiger partial charge in [-0.15, -0.1) is 0 Å². The Morgan fingerprint density at radius 1 is 1.67 bits per heavy atom. The molecule has 0 fully saturated rings. The van der Waals surface area contributed by atoms with Gasteiger partial charge < -0.3 is 5.73 Å². The van der Waals surface area contributed by atoms with Gasteiger partial charge in [0.05, 0.1) is 17.6 Å². The average molecular weight is 167 g/mol. The summed E-state index contributed by atoms with van der Waals surface area (Å²) in [6, 6.07) is 0.465. The predicted octanol–water partition coefficient (Wildman–Crippen LogP) is 2.13. The molecule has 3 nitrogen and oxygen atoms in total. The topological polar surface area (TPSA) is 43.8 Å². The fourth-order valence-electron chi connectivity index (χ4n) is 1.42. The van der Waals surface area contributed by atoms with Crippen LogP contribution in [-0.4, -0.2) is 9.78 Å². The molecule has 1 aromatic heterocycles. The Balaban J connectivity index is 2.80. The zero-order valence-electron chi connectivity index (χ0n) is 8.04. The molecule has 1 heterocycles. The van der Waals surface area contributed by atoms with Crippen LogP contribution in [-0.2, 0) is 0 Å². The highest BCUT2D eigenvalue weighted by Gasteiger charge is 2.08. The van der Waals surface area contributed by atoms with E-state index in [1.165, 1.54) is 6.42 Å². The monoisotopic (exact) mass is 167 g/mol. The lowest BCUT2D eigenvalue weighted by Gasteiger charge is -2.12. The summed E-state index contributed by atoms with van der Waals surface area (Å²) in [5, 5.41) is 4.23. The van der Waals surface area contributed by atoms with Crippen LogP contribution in [0.3, 0.4) is 0 Å². The van der Waals surface area contributed by atoms with Gasteiger partial charge in [0, 0.05) is 6.04 Å². The minimum Gasteiger partial charge on any atom is -0.396 e. The fourth-order valence-corrected chi connectivity index (χ4v) is 1.42. The molecule has 1 aromatic rings. The van der Waals surface area contributed by atoms with Crippen molar-refractivity contribution in [1.29, 1.82) is 0 Å². The average Bonchev–Trinajstić information content (AvgIpc) is 2.34. The molecule has 1 rings (SSSR count). The minimum absolute atomic E-state index is 0.465. The molecule has 0 saturated carbocycles. The highest BCUT2D eigenvalue weighted by Crippen LogP contribution is 2.17. The summed E-state index contributed by atoms with van der Waals surface area (Å²) in [6.07, 6.45) is 4.06. The molecular formula is C9H17N3. The fraction of sp³-hybridized carbons (Fsp3) is 0.667. The van der Waals surface area contributed by atoms with E-state index in [0.717, 1.165) is 17.8 Å². The lowest BCUT2D eigenvalue weighted by atomic mass is 10.2. The van der Waals surface area contributed by atoms with E-state index < -0.39 is 0 Å². The van der Waals surface area contributed by atoms with Gasteiger partial charge in [0.25, 0.3) is 0 Å². The van der Waals surface area contributed by atoms with E-state index in [9.17, 15) is 0 Å². The summed E-state index contributed by atoms with van der Waals surface area (Å²) in [7, 11) is 0. The molecule has 0 aromatic carbocycles. The third kappa shape index (κ3) is 1.60. The van der Waals surface area contributed by atoms with Crippen LogP contribution in [0, 0.1) is 6.92 Å². The molecule has 0 bridgehead atoms. The number of nitrogen functional groups attached to an aromatic ring is 1. The van der Waals surface area contributed by atoms with Gasteiger partial charge in [-0.05, 0) is 20.3 Å².